The summed E-state index contributed by atoms with van der Waals surface area (Å²) >= 11 is 0. The van der Waals surface area contributed by atoms with Gasteiger partial charge >= 0.3 is 0 Å². The van der Waals surface area contributed by atoms with Crippen molar-refractivity contribution in [2.75, 3.05) is 19.3 Å². The number of H-pyrrole nitrogens is 1. The molecule has 162 valence electrons. The van der Waals surface area contributed by atoms with Gasteiger partial charge in [-0.15, -0.1) is 0 Å². The van der Waals surface area contributed by atoms with Gasteiger partial charge in [0.05, 0.1) is 24.5 Å². The van der Waals surface area contributed by atoms with Crippen molar-refractivity contribution < 1.29 is 13.2 Å². The number of aromatic nitrogens is 2. The monoisotopic (exact) mass is 432 g/mol. The number of sulfonamides is 1. The van der Waals surface area contributed by atoms with Gasteiger partial charge in [0.15, 0.2) is 0 Å². The number of hydrogen-bond donors (Lipinski definition) is 1. The fourth-order valence-electron chi connectivity index (χ4n) is 7.04. The maximum atomic E-state index is 13.4. The van der Waals surface area contributed by atoms with E-state index in [1.807, 2.05) is 4.90 Å². The first kappa shape index (κ1) is 19.0. The van der Waals surface area contributed by atoms with Crippen molar-refractivity contribution in [3.8, 4) is 0 Å². The molecule has 0 aromatic carbocycles. The molecule has 0 radical (unpaired) electrons. The SMILES string of the molecule is CS(=O)(=O)N1CCc2c(nc([C@H]3CCCN3C(=O)C3[C@H]4[C@@H]5CC[C@H](C5)[C@H]34)[nH]c2=O)C1. The van der Waals surface area contributed by atoms with Crippen LogP contribution in [0.5, 0.6) is 0 Å². The molecule has 3 saturated carbocycles. The third-order valence-corrected chi connectivity index (χ3v) is 9.65. The number of rotatable bonds is 3. The Kier molecular flexibility index (Phi) is 4.04. The Bertz CT molecular complexity index is 1070. The average molecular weight is 433 g/mol. The molecule has 4 fully saturated rings. The van der Waals surface area contributed by atoms with Crippen LogP contribution >= 0.6 is 0 Å². The molecule has 1 N–H and O–H groups in total. The lowest BCUT2D eigenvalue weighted by atomic mass is 10.0. The van der Waals surface area contributed by atoms with E-state index in [1.54, 1.807) is 0 Å². The number of nitrogens with zero attached hydrogens (tertiary/aromatic N) is 3. The highest BCUT2D eigenvalue weighted by Gasteiger charge is 2.68. The van der Waals surface area contributed by atoms with Gasteiger partial charge in [-0.1, -0.05) is 0 Å². The normalized spacial score (nSPS) is 37.3. The van der Waals surface area contributed by atoms with Gasteiger partial charge in [0, 0.05) is 24.6 Å². The minimum atomic E-state index is -3.34. The summed E-state index contributed by atoms with van der Waals surface area (Å²) in [6.45, 7) is 1.14. The van der Waals surface area contributed by atoms with Gasteiger partial charge in [-0.3, -0.25) is 9.59 Å². The molecule has 1 aromatic rings. The predicted molar refractivity (Wildman–Crippen MR) is 109 cm³/mol. The molecule has 1 aromatic heterocycles. The molecule has 9 heteroatoms. The summed E-state index contributed by atoms with van der Waals surface area (Å²) in [6.07, 6.45) is 7.14. The molecule has 6 rings (SSSR count). The van der Waals surface area contributed by atoms with E-state index < -0.39 is 10.0 Å². The summed E-state index contributed by atoms with van der Waals surface area (Å²) in [6, 6.07) is -0.205. The number of aromatic amines is 1. The quantitative estimate of drug-likeness (QED) is 0.769. The van der Waals surface area contributed by atoms with Crippen LogP contribution in [0, 0.1) is 29.6 Å². The van der Waals surface area contributed by atoms with Crippen molar-refractivity contribution in [3.63, 3.8) is 0 Å². The molecule has 0 unspecified atom stereocenters. The van der Waals surface area contributed by atoms with Crippen LogP contribution in [0.25, 0.3) is 0 Å². The molecule has 2 aliphatic heterocycles. The number of carbonyl (C=O) groups excluding carboxylic acids is 1. The van der Waals surface area contributed by atoms with Crippen LogP contribution in [-0.2, 0) is 27.8 Å². The lowest BCUT2D eigenvalue weighted by Crippen LogP contribution is -2.40. The fourth-order valence-corrected chi connectivity index (χ4v) is 7.82. The predicted octanol–water partition coefficient (Wildman–Crippen LogP) is 1.04. The van der Waals surface area contributed by atoms with Crippen molar-refractivity contribution in [3.05, 3.63) is 27.4 Å². The van der Waals surface area contributed by atoms with Gasteiger partial charge in [-0.2, -0.15) is 4.31 Å². The first-order chi connectivity index (χ1) is 14.3. The van der Waals surface area contributed by atoms with Crippen LogP contribution < -0.4 is 5.56 Å². The average Bonchev–Trinajstić information content (AvgIpc) is 3.07. The number of likely N-dealkylation sites (tertiary alicyclic amines) is 1. The van der Waals surface area contributed by atoms with E-state index in [2.05, 4.69) is 4.98 Å². The number of amides is 1. The van der Waals surface area contributed by atoms with Crippen LogP contribution in [0.3, 0.4) is 0 Å². The molecule has 30 heavy (non-hydrogen) atoms. The van der Waals surface area contributed by atoms with Crippen molar-refractivity contribution >= 4 is 15.9 Å². The fraction of sp³-hybridized carbons (Fsp3) is 0.762. The van der Waals surface area contributed by atoms with Gasteiger partial charge in [-0.25, -0.2) is 13.4 Å². The van der Waals surface area contributed by atoms with Crippen molar-refractivity contribution in [2.24, 2.45) is 29.6 Å². The highest BCUT2D eigenvalue weighted by Crippen LogP contribution is 2.70. The summed E-state index contributed by atoms with van der Waals surface area (Å²) in [5.74, 6) is 3.64. The molecular weight excluding hydrogens is 404 g/mol. The van der Waals surface area contributed by atoms with Crippen LogP contribution in [0.4, 0.5) is 0 Å². The first-order valence-corrected chi connectivity index (χ1v) is 13.1. The van der Waals surface area contributed by atoms with E-state index in [-0.39, 0.29) is 30.0 Å². The molecule has 0 spiro atoms. The van der Waals surface area contributed by atoms with E-state index in [4.69, 9.17) is 4.98 Å². The lowest BCUT2D eigenvalue weighted by Gasteiger charge is -2.28. The van der Waals surface area contributed by atoms with E-state index in [1.165, 1.54) is 29.8 Å². The van der Waals surface area contributed by atoms with Gasteiger partial charge in [0.25, 0.3) is 5.56 Å². The zero-order valence-electron chi connectivity index (χ0n) is 17.2. The molecule has 3 aliphatic carbocycles. The Labute approximate surface area is 176 Å². The second-order valence-electron chi connectivity index (χ2n) is 9.93. The Morgan fingerprint density at radius 1 is 1.13 bits per heavy atom. The van der Waals surface area contributed by atoms with E-state index >= 15 is 0 Å². The van der Waals surface area contributed by atoms with Crippen molar-refractivity contribution in [2.45, 2.75) is 51.1 Å². The second-order valence-corrected chi connectivity index (χ2v) is 11.9. The summed E-state index contributed by atoms with van der Waals surface area (Å²) in [5.41, 5.74) is 0.915. The Morgan fingerprint density at radius 2 is 1.87 bits per heavy atom. The number of fused-ring (bicyclic) bond motifs is 6. The van der Waals surface area contributed by atoms with Gasteiger partial charge < -0.3 is 9.88 Å². The number of hydrogen-bond acceptors (Lipinski definition) is 5. The molecule has 3 heterocycles. The van der Waals surface area contributed by atoms with Crippen LogP contribution in [0.15, 0.2) is 4.79 Å². The standard InChI is InChI=1S/C21H28N4O4S/c1-30(28,29)24-8-6-13-14(10-24)22-19(23-20(13)26)15-3-2-7-25(15)21(27)18-16-11-4-5-12(9-11)17(16)18/h11-12,15-18H,2-10H2,1H3,(H,22,23,26)/t11-,12-,15-,16+,17+/m1/s1. The largest absolute Gasteiger partial charge is 0.332 e. The van der Waals surface area contributed by atoms with Crippen molar-refractivity contribution in [1.82, 2.24) is 19.2 Å². The Hall–Kier alpha value is -1.74. The van der Waals surface area contributed by atoms with Crippen LogP contribution in [-0.4, -0.2) is 52.8 Å². The zero-order chi connectivity index (χ0) is 20.8. The smallest absolute Gasteiger partial charge is 0.254 e. The first-order valence-electron chi connectivity index (χ1n) is 11.2. The molecule has 1 saturated heterocycles. The minimum absolute atomic E-state index is 0.127. The molecule has 8 nitrogen and oxygen atoms in total. The maximum absolute atomic E-state index is 13.4. The van der Waals surface area contributed by atoms with Gasteiger partial charge in [-0.05, 0) is 62.2 Å². The molecule has 1 amide bonds. The topological polar surface area (TPSA) is 103 Å². The maximum Gasteiger partial charge on any atom is 0.254 e. The summed E-state index contributed by atoms with van der Waals surface area (Å²) in [7, 11) is -3.34. The lowest BCUT2D eigenvalue weighted by molar-refractivity contribution is -0.134. The Morgan fingerprint density at radius 3 is 2.57 bits per heavy atom. The summed E-state index contributed by atoms with van der Waals surface area (Å²) in [5, 5.41) is 0. The number of nitrogens with one attached hydrogen (secondary N) is 1. The molecule has 5 aliphatic rings. The van der Waals surface area contributed by atoms with E-state index in [0.29, 0.717) is 48.4 Å². The summed E-state index contributed by atoms with van der Waals surface area (Å²) < 4.78 is 25.3. The second kappa shape index (κ2) is 6.38. The van der Waals surface area contributed by atoms with Gasteiger partial charge in [0.2, 0.25) is 15.9 Å². The van der Waals surface area contributed by atoms with E-state index in [0.717, 1.165) is 24.7 Å². The third kappa shape index (κ3) is 2.74. The molecule has 5 atom stereocenters. The van der Waals surface area contributed by atoms with Crippen LogP contribution in [0.2, 0.25) is 0 Å². The molecule has 2 bridgehead atoms. The van der Waals surface area contributed by atoms with E-state index in [9.17, 15) is 18.0 Å². The third-order valence-electron chi connectivity index (χ3n) is 8.40. The Balaban J connectivity index is 1.27. The number of carbonyl (C=O) groups is 1. The summed E-state index contributed by atoms with van der Waals surface area (Å²) in [4.78, 5) is 35.7. The molecular formula is C21H28N4O4S. The van der Waals surface area contributed by atoms with Gasteiger partial charge in [0.1, 0.15) is 5.82 Å². The van der Waals surface area contributed by atoms with Crippen LogP contribution in [0.1, 0.15) is 55.2 Å². The zero-order valence-corrected chi connectivity index (χ0v) is 18.0. The minimum Gasteiger partial charge on any atom is -0.332 e. The highest BCUT2D eigenvalue weighted by molar-refractivity contribution is 7.88. The highest BCUT2D eigenvalue weighted by atomic mass is 32.2. The van der Waals surface area contributed by atoms with Crippen molar-refractivity contribution in [1.29, 1.82) is 0 Å².